The van der Waals surface area contributed by atoms with E-state index in [0.717, 1.165) is 0 Å². The first-order chi connectivity index (χ1) is 17.5. The maximum atomic E-state index is 12.9. The van der Waals surface area contributed by atoms with E-state index in [9.17, 15) is 24.6 Å². The Morgan fingerprint density at radius 2 is 0.972 bits per heavy atom. The number of hydrogen-bond acceptors (Lipinski definition) is 9. The van der Waals surface area contributed by atoms with E-state index in [1.54, 1.807) is 54.6 Å². The molecule has 1 heterocycles. The lowest BCUT2D eigenvalue weighted by molar-refractivity contribution is -0.284. The van der Waals surface area contributed by atoms with Crippen molar-refractivity contribution in [3.63, 3.8) is 0 Å². The van der Waals surface area contributed by atoms with Crippen LogP contribution in [0.25, 0.3) is 0 Å². The zero-order valence-electron chi connectivity index (χ0n) is 19.0. The third kappa shape index (κ3) is 5.77. The molecule has 0 saturated carbocycles. The van der Waals surface area contributed by atoms with Crippen LogP contribution in [-0.2, 0) is 18.9 Å². The summed E-state index contributed by atoms with van der Waals surface area (Å²) in [5.74, 6) is -2.42. The van der Waals surface area contributed by atoms with E-state index in [1.165, 1.54) is 36.4 Å². The van der Waals surface area contributed by atoms with Crippen LogP contribution in [-0.4, -0.2) is 65.4 Å². The van der Waals surface area contributed by atoms with Gasteiger partial charge in [0.1, 0.15) is 6.10 Å². The molecule has 0 spiro atoms. The third-order valence-corrected chi connectivity index (χ3v) is 5.55. The topological polar surface area (TPSA) is 129 Å². The molecule has 2 N–H and O–H groups in total. The average Bonchev–Trinajstić information content (AvgIpc) is 2.93. The van der Waals surface area contributed by atoms with Gasteiger partial charge in [0.25, 0.3) is 0 Å². The van der Waals surface area contributed by atoms with E-state index >= 15 is 0 Å². The summed E-state index contributed by atoms with van der Waals surface area (Å²) < 4.78 is 22.1. The van der Waals surface area contributed by atoms with Gasteiger partial charge in [-0.15, -0.1) is 0 Å². The van der Waals surface area contributed by atoms with Crippen molar-refractivity contribution in [1.82, 2.24) is 0 Å². The van der Waals surface area contributed by atoms with Crippen molar-refractivity contribution in [3.8, 4) is 0 Å². The first-order valence-electron chi connectivity index (χ1n) is 11.2. The molecule has 1 aliphatic heterocycles. The minimum atomic E-state index is -1.78. The maximum absolute atomic E-state index is 12.9. The van der Waals surface area contributed by atoms with Crippen LogP contribution in [0.2, 0.25) is 0 Å². The maximum Gasteiger partial charge on any atom is 0.338 e. The summed E-state index contributed by atoms with van der Waals surface area (Å²) >= 11 is 0. The Labute approximate surface area is 206 Å². The van der Waals surface area contributed by atoms with Gasteiger partial charge in [-0.25, -0.2) is 14.4 Å². The summed E-state index contributed by atoms with van der Waals surface area (Å²) in [5.41, 5.74) is 0.562. The number of esters is 3. The van der Waals surface area contributed by atoms with E-state index in [2.05, 4.69) is 0 Å². The largest absolute Gasteiger partial charge is 0.452 e. The van der Waals surface area contributed by atoms with E-state index in [-0.39, 0.29) is 16.7 Å². The fourth-order valence-electron chi connectivity index (χ4n) is 3.74. The molecule has 36 heavy (non-hydrogen) atoms. The second-order valence-corrected chi connectivity index (χ2v) is 7.96. The lowest BCUT2D eigenvalue weighted by atomic mass is 9.98. The molecule has 186 valence electrons. The smallest absolute Gasteiger partial charge is 0.338 e. The number of carbonyl (C=O) groups excluding carboxylic acids is 3. The first-order valence-corrected chi connectivity index (χ1v) is 11.2. The molecule has 9 heteroatoms. The van der Waals surface area contributed by atoms with Crippen LogP contribution in [0.4, 0.5) is 0 Å². The van der Waals surface area contributed by atoms with Crippen molar-refractivity contribution in [1.29, 1.82) is 0 Å². The number of rotatable bonds is 7. The third-order valence-electron chi connectivity index (χ3n) is 5.55. The number of ether oxygens (including phenoxy) is 4. The molecule has 9 nitrogen and oxygen atoms in total. The minimum Gasteiger partial charge on any atom is -0.452 e. The lowest BCUT2D eigenvalue weighted by Gasteiger charge is -2.42. The molecule has 0 radical (unpaired) electrons. The van der Waals surface area contributed by atoms with Crippen molar-refractivity contribution in [2.45, 2.75) is 30.7 Å². The van der Waals surface area contributed by atoms with Crippen LogP contribution in [0.5, 0.6) is 0 Å². The highest BCUT2D eigenvalue weighted by Crippen LogP contribution is 2.29. The van der Waals surface area contributed by atoms with Crippen molar-refractivity contribution >= 4 is 17.9 Å². The Morgan fingerprint density at radius 1 is 0.611 bits per heavy atom. The molecule has 1 unspecified atom stereocenters. The van der Waals surface area contributed by atoms with Crippen LogP contribution in [0.15, 0.2) is 91.0 Å². The van der Waals surface area contributed by atoms with E-state index < -0.39 is 55.2 Å². The molecule has 0 amide bonds. The predicted molar refractivity (Wildman–Crippen MR) is 125 cm³/mol. The van der Waals surface area contributed by atoms with E-state index in [4.69, 9.17) is 18.9 Å². The monoisotopic (exact) mass is 492 g/mol. The Morgan fingerprint density at radius 3 is 1.36 bits per heavy atom. The molecule has 1 saturated heterocycles. The van der Waals surface area contributed by atoms with Crippen LogP contribution in [0.1, 0.15) is 31.1 Å². The molecular weight excluding hydrogens is 468 g/mol. The highest BCUT2D eigenvalue weighted by atomic mass is 16.7. The number of hydrogen-bond donors (Lipinski definition) is 2. The normalized spacial score (nSPS) is 23.3. The summed E-state index contributed by atoms with van der Waals surface area (Å²) in [4.78, 5) is 38.5. The van der Waals surface area contributed by atoms with Crippen molar-refractivity contribution in [2.75, 3.05) is 6.61 Å². The summed E-state index contributed by atoms with van der Waals surface area (Å²) in [5, 5.41) is 20.5. The van der Waals surface area contributed by atoms with Gasteiger partial charge in [0, 0.05) is 0 Å². The summed E-state index contributed by atoms with van der Waals surface area (Å²) in [7, 11) is 0. The van der Waals surface area contributed by atoms with Gasteiger partial charge >= 0.3 is 17.9 Å². The van der Waals surface area contributed by atoms with Crippen molar-refractivity contribution in [2.24, 2.45) is 0 Å². The van der Waals surface area contributed by atoms with Gasteiger partial charge in [0.05, 0.1) is 23.3 Å². The highest BCUT2D eigenvalue weighted by molar-refractivity contribution is 5.91. The zero-order valence-corrected chi connectivity index (χ0v) is 19.0. The van der Waals surface area contributed by atoms with Gasteiger partial charge in [0.15, 0.2) is 24.6 Å². The van der Waals surface area contributed by atoms with E-state index in [1.807, 2.05) is 0 Å². The molecule has 5 atom stereocenters. The Balaban J connectivity index is 1.66. The molecular formula is C27H24O9. The summed E-state index contributed by atoms with van der Waals surface area (Å²) in [6, 6.07) is 24.0. The van der Waals surface area contributed by atoms with Crippen LogP contribution < -0.4 is 0 Å². The van der Waals surface area contributed by atoms with Crippen molar-refractivity contribution < 1.29 is 43.5 Å². The second-order valence-electron chi connectivity index (χ2n) is 7.96. The molecule has 4 rings (SSSR count). The Kier molecular flexibility index (Phi) is 8.06. The fraction of sp³-hybridized carbons (Fsp3) is 0.222. The molecule has 0 aromatic heterocycles. The summed E-state index contributed by atoms with van der Waals surface area (Å²) in [6.45, 7) is -0.678. The van der Waals surface area contributed by atoms with Gasteiger partial charge in [-0.2, -0.15) is 0 Å². The lowest BCUT2D eigenvalue weighted by Crippen LogP contribution is -2.62. The number of carbonyl (C=O) groups is 3. The molecule has 3 aromatic rings. The molecule has 3 aromatic carbocycles. The standard InChI is InChI=1S/C27H24O9/c28-16-20-21(34-24(29)17-10-4-1-5-11-17)22(35-25(30)18-12-6-2-7-13-18)23(27(32)33-20)36-26(31)19-14-8-3-9-15-19/h1-15,20-23,27-28,32H,16H2/t20-,21+,22+,23-,27?/m1/s1. The molecule has 1 aliphatic rings. The summed E-state index contributed by atoms with van der Waals surface area (Å²) in [6.07, 6.45) is -7.53. The Bertz CT molecular complexity index is 1170. The molecule has 1 fully saturated rings. The highest BCUT2D eigenvalue weighted by Gasteiger charge is 2.52. The quantitative estimate of drug-likeness (QED) is 0.377. The van der Waals surface area contributed by atoms with Gasteiger partial charge < -0.3 is 29.2 Å². The van der Waals surface area contributed by atoms with Gasteiger partial charge in [-0.1, -0.05) is 54.6 Å². The fourth-order valence-corrected chi connectivity index (χ4v) is 3.74. The average molecular weight is 492 g/mol. The number of aliphatic hydroxyl groups is 2. The molecule has 0 aliphatic carbocycles. The van der Waals surface area contributed by atoms with Gasteiger partial charge in [-0.3, -0.25) is 0 Å². The minimum absolute atomic E-state index is 0.181. The van der Waals surface area contributed by atoms with Crippen LogP contribution in [0, 0.1) is 0 Å². The number of aliphatic hydroxyl groups excluding tert-OH is 2. The Hall–Kier alpha value is -4.05. The predicted octanol–water partition coefficient (Wildman–Crippen LogP) is 2.37. The van der Waals surface area contributed by atoms with Gasteiger partial charge in [-0.05, 0) is 36.4 Å². The first kappa shape index (κ1) is 25.1. The van der Waals surface area contributed by atoms with Gasteiger partial charge in [0.2, 0.25) is 0 Å². The van der Waals surface area contributed by atoms with Crippen molar-refractivity contribution in [3.05, 3.63) is 108 Å². The second kappa shape index (κ2) is 11.6. The van der Waals surface area contributed by atoms with Crippen LogP contribution in [0.3, 0.4) is 0 Å². The van der Waals surface area contributed by atoms with Crippen LogP contribution >= 0.6 is 0 Å². The zero-order chi connectivity index (χ0) is 25.5. The molecule has 0 bridgehead atoms. The number of benzene rings is 3. The SMILES string of the molecule is O=C(O[C@@H]1[C@H](OC(=O)c2ccccc2)[C@@H](OC(=O)c2ccccc2)C(O)O[C@@H]1CO)c1ccccc1. The van der Waals surface area contributed by atoms with E-state index in [0.29, 0.717) is 0 Å².